The van der Waals surface area contributed by atoms with E-state index in [9.17, 15) is 4.79 Å². The van der Waals surface area contributed by atoms with Gasteiger partial charge in [-0.25, -0.2) is 4.68 Å². The molecule has 1 N–H and O–H groups in total. The number of pyridine rings is 1. The molecule has 190 valence electrons. The van der Waals surface area contributed by atoms with E-state index in [-0.39, 0.29) is 5.56 Å². The van der Waals surface area contributed by atoms with Crippen molar-refractivity contribution in [2.24, 2.45) is 0 Å². The summed E-state index contributed by atoms with van der Waals surface area (Å²) in [4.78, 5) is 18.9. The lowest BCUT2D eigenvalue weighted by Gasteiger charge is -2.32. The van der Waals surface area contributed by atoms with Crippen molar-refractivity contribution in [3.8, 4) is 0 Å². The Labute approximate surface area is 219 Å². The number of halogens is 1. The third kappa shape index (κ3) is 5.35. The number of nitrogens with one attached hydrogen (secondary N) is 1. The minimum absolute atomic E-state index is 0.188. The summed E-state index contributed by atoms with van der Waals surface area (Å²) in [6.07, 6.45) is 1.65. The minimum Gasteiger partial charge on any atom is -0.468 e. The van der Waals surface area contributed by atoms with Crippen molar-refractivity contribution < 1.29 is 4.42 Å². The van der Waals surface area contributed by atoms with Crippen molar-refractivity contribution in [1.29, 1.82) is 0 Å². The summed E-state index contributed by atoms with van der Waals surface area (Å²) < 4.78 is 7.51. The van der Waals surface area contributed by atoms with Crippen LogP contribution in [0.3, 0.4) is 0 Å². The lowest BCUT2D eigenvalue weighted by molar-refractivity contribution is 0.171. The van der Waals surface area contributed by atoms with E-state index in [1.54, 1.807) is 10.9 Å². The number of aryl methyl sites for hydroxylation is 1. The number of fused-ring (bicyclic) bond motifs is 1. The second-order valence-corrected chi connectivity index (χ2v) is 10.7. The first kappa shape index (κ1) is 24.9. The van der Waals surface area contributed by atoms with E-state index in [4.69, 9.17) is 16.0 Å². The Morgan fingerprint density at radius 1 is 1.08 bits per heavy atom. The van der Waals surface area contributed by atoms with Crippen LogP contribution in [0.4, 0.5) is 0 Å². The topological polar surface area (TPSA) is 92.8 Å². The van der Waals surface area contributed by atoms with Crippen molar-refractivity contribution in [3.63, 3.8) is 0 Å². The fourth-order valence-corrected chi connectivity index (χ4v) is 4.67. The average Bonchev–Trinajstić information content (AvgIpc) is 3.53. The van der Waals surface area contributed by atoms with Crippen LogP contribution < -0.4 is 5.56 Å². The van der Waals surface area contributed by atoms with Crippen LogP contribution in [0.25, 0.3) is 10.9 Å². The van der Waals surface area contributed by atoms with E-state index < -0.39 is 11.6 Å². The van der Waals surface area contributed by atoms with Crippen LogP contribution in [0.1, 0.15) is 55.1 Å². The molecule has 3 heterocycles. The average molecular weight is 517 g/mol. The number of nitrogens with zero attached hydrogens (tertiary/aromatic N) is 5. The fraction of sp³-hybridized carbons (Fsp3) is 0.286. The van der Waals surface area contributed by atoms with Gasteiger partial charge in [0.15, 0.2) is 5.82 Å². The normalized spacial score (nSPS) is 12.9. The summed E-state index contributed by atoms with van der Waals surface area (Å²) in [6, 6.07) is 18.9. The van der Waals surface area contributed by atoms with Crippen LogP contribution in [0, 0.1) is 6.92 Å². The summed E-state index contributed by atoms with van der Waals surface area (Å²) in [7, 11) is 0. The second-order valence-electron chi connectivity index (χ2n) is 10.3. The molecule has 0 saturated carbocycles. The van der Waals surface area contributed by atoms with Crippen molar-refractivity contribution in [1.82, 2.24) is 30.1 Å². The Morgan fingerprint density at radius 3 is 2.57 bits per heavy atom. The van der Waals surface area contributed by atoms with E-state index in [1.165, 1.54) is 0 Å². The lowest BCUT2D eigenvalue weighted by atomic mass is 10.0. The van der Waals surface area contributed by atoms with Gasteiger partial charge in [-0.2, -0.15) is 0 Å². The molecule has 0 bridgehead atoms. The molecule has 0 fully saturated rings. The highest BCUT2D eigenvalue weighted by atomic mass is 35.5. The maximum Gasteiger partial charge on any atom is 0.253 e. The second kappa shape index (κ2) is 9.95. The van der Waals surface area contributed by atoms with E-state index in [2.05, 4.69) is 25.4 Å². The molecule has 3 aromatic heterocycles. The predicted molar refractivity (Wildman–Crippen MR) is 143 cm³/mol. The highest BCUT2D eigenvalue weighted by molar-refractivity contribution is 6.30. The third-order valence-corrected chi connectivity index (χ3v) is 6.55. The lowest BCUT2D eigenvalue weighted by Crippen LogP contribution is -2.37. The fourth-order valence-electron chi connectivity index (χ4n) is 4.54. The van der Waals surface area contributed by atoms with Gasteiger partial charge in [-0.05, 0) is 91.0 Å². The number of hydrogen-bond acceptors (Lipinski definition) is 6. The van der Waals surface area contributed by atoms with Crippen LogP contribution >= 0.6 is 11.6 Å². The standard InChI is InChI=1S/C28H29ClN6O2/c1-18-7-10-20-15-23(27(36)30-24(20)14-18)25(26-31-32-33-35(26)28(2,3)4)34(17-22-6-5-13-37-22)16-19-8-11-21(29)12-9-19/h5-15,25H,16-17H2,1-4H3,(H,30,36)/t25-/m0/s1. The van der Waals surface area contributed by atoms with Gasteiger partial charge in [0, 0.05) is 22.6 Å². The molecule has 5 aromatic rings. The minimum atomic E-state index is -0.565. The maximum atomic E-state index is 13.6. The first-order valence-corrected chi connectivity index (χ1v) is 12.5. The molecule has 0 aliphatic heterocycles. The third-order valence-electron chi connectivity index (χ3n) is 6.30. The molecule has 0 unspecified atom stereocenters. The highest BCUT2D eigenvalue weighted by Crippen LogP contribution is 2.32. The number of rotatable bonds is 7. The zero-order valence-electron chi connectivity index (χ0n) is 21.3. The zero-order valence-corrected chi connectivity index (χ0v) is 22.0. The van der Waals surface area contributed by atoms with Crippen molar-refractivity contribution >= 4 is 22.5 Å². The first-order valence-electron chi connectivity index (χ1n) is 12.1. The number of H-pyrrole nitrogens is 1. The first-order chi connectivity index (χ1) is 17.7. The molecule has 2 aromatic carbocycles. The van der Waals surface area contributed by atoms with Gasteiger partial charge in [-0.3, -0.25) is 9.69 Å². The maximum absolute atomic E-state index is 13.6. The Hall–Kier alpha value is -3.75. The number of aromatic nitrogens is 5. The van der Waals surface area contributed by atoms with Crippen molar-refractivity contribution in [2.45, 2.75) is 52.4 Å². The Kier molecular flexibility index (Phi) is 6.70. The molecule has 0 aliphatic carbocycles. The summed E-state index contributed by atoms with van der Waals surface area (Å²) in [5.41, 5.74) is 2.85. The number of tetrazole rings is 1. The SMILES string of the molecule is Cc1ccc2cc([C@@H](c3nnnn3C(C)(C)C)N(Cc3ccc(Cl)cc3)Cc3ccco3)c(=O)[nH]c2c1. The summed E-state index contributed by atoms with van der Waals surface area (Å²) in [5.74, 6) is 1.34. The molecule has 0 aliphatic rings. The Morgan fingerprint density at radius 2 is 1.86 bits per heavy atom. The molecular formula is C28H29ClN6O2. The summed E-state index contributed by atoms with van der Waals surface area (Å²) >= 11 is 6.16. The van der Waals surface area contributed by atoms with Gasteiger partial charge in [0.1, 0.15) is 11.8 Å². The molecular weight excluding hydrogens is 488 g/mol. The Balaban J connectivity index is 1.72. The molecule has 0 radical (unpaired) electrons. The quantitative estimate of drug-likeness (QED) is 0.302. The van der Waals surface area contributed by atoms with Crippen LogP contribution in [0.5, 0.6) is 0 Å². The van der Waals surface area contributed by atoms with Crippen molar-refractivity contribution in [2.75, 3.05) is 0 Å². The summed E-state index contributed by atoms with van der Waals surface area (Å²) in [6.45, 7) is 9.05. The van der Waals surface area contributed by atoms with E-state index in [1.807, 2.05) is 88.4 Å². The van der Waals surface area contributed by atoms with Crippen molar-refractivity contribution in [3.05, 3.63) is 111 Å². The molecule has 37 heavy (non-hydrogen) atoms. The van der Waals surface area contributed by atoms with Gasteiger partial charge in [0.25, 0.3) is 5.56 Å². The highest BCUT2D eigenvalue weighted by Gasteiger charge is 2.34. The van der Waals surface area contributed by atoms with E-state index in [0.717, 1.165) is 27.8 Å². The number of furan rings is 1. The molecule has 1 atom stereocenters. The monoisotopic (exact) mass is 516 g/mol. The smallest absolute Gasteiger partial charge is 0.253 e. The molecule has 5 rings (SSSR count). The zero-order chi connectivity index (χ0) is 26.2. The number of benzene rings is 2. The van der Waals surface area contributed by atoms with E-state index >= 15 is 0 Å². The van der Waals surface area contributed by atoms with Crippen LogP contribution in [0.2, 0.25) is 5.02 Å². The van der Waals surface area contributed by atoms with Crippen LogP contribution in [-0.4, -0.2) is 30.1 Å². The van der Waals surface area contributed by atoms with Crippen LogP contribution in [-0.2, 0) is 18.6 Å². The van der Waals surface area contributed by atoms with Gasteiger partial charge in [0.05, 0.1) is 18.3 Å². The molecule has 0 spiro atoms. The molecule has 9 heteroatoms. The Bertz CT molecular complexity index is 1570. The summed E-state index contributed by atoms with van der Waals surface area (Å²) in [5, 5.41) is 14.4. The van der Waals surface area contributed by atoms with Gasteiger partial charge in [-0.1, -0.05) is 35.9 Å². The van der Waals surface area contributed by atoms with Crippen LogP contribution in [0.15, 0.2) is 76.1 Å². The molecule has 0 amide bonds. The molecule has 8 nitrogen and oxygen atoms in total. The largest absolute Gasteiger partial charge is 0.468 e. The van der Waals surface area contributed by atoms with E-state index in [0.29, 0.717) is 29.5 Å². The van der Waals surface area contributed by atoms with Gasteiger partial charge >= 0.3 is 0 Å². The van der Waals surface area contributed by atoms with Gasteiger partial charge < -0.3 is 9.40 Å². The number of aromatic amines is 1. The van der Waals surface area contributed by atoms with Gasteiger partial charge in [0.2, 0.25) is 0 Å². The number of hydrogen-bond donors (Lipinski definition) is 1. The molecule has 0 saturated heterocycles. The van der Waals surface area contributed by atoms with Gasteiger partial charge in [-0.15, -0.1) is 5.10 Å². The predicted octanol–water partition coefficient (Wildman–Crippen LogP) is 5.62.